The standard InChI is InChI=1S/C17H16N2O3/c1-11-7-12-9-19(10-13(12)8-18-11)17(20)14-3-2-4-15-16(14)22-6-5-21-15/h2-4,7-8H,5-6,9-10H2,1H3. The number of fused-ring (bicyclic) bond motifs is 2. The second kappa shape index (κ2) is 5.02. The highest BCUT2D eigenvalue weighted by molar-refractivity contribution is 5.98. The summed E-state index contributed by atoms with van der Waals surface area (Å²) < 4.78 is 11.2. The van der Waals surface area contributed by atoms with Gasteiger partial charge in [-0.2, -0.15) is 0 Å². The third-order valence-corrected chi connectivity index (χ3v) is 4.03. The van der Waals surface area contributed by atoms with E-state index in [1.54, 1.807) is 6.07 Å². The summed E-state index contributed by atoms with van der Waals surface area (Å²) in [7, 11) is 0. The summed E-state index contributed by atoms with van der Waals surface area (Å²) in [6, 6.07) is 7.50. The molecule has 5 nitrogen and oxygen atoms in total. The first-order valence-corrected chi connectivity index (χ1v) is 7.34. The van der Waals surface area contributed by atoms with Crippen molar-refractivity contribution in [2.45, 2.75) is 20.0 Å². The van der Waals surface area contributed by atoms with E-state index < -0.39 is 0 Å². The molecule has 5 heteroatoms. The van der Waals surface area contributed by atoms with E-state index >= 15 is 0 Å². The van der Waals surface area contributed by atoms with Crippen LogP contribution in [0.15, 0.2) is 30.5 Å². The SMILES string of the molecule is Cc1cc2c(cn1)CN(C(=O)c1cccc3c1OCCO3)C2. The molecule has 1 amide bonds. The predicted molar refractivity (Wildman–Crippen MR) is 80.0 cm³/mol. The maximum absolute atomic E-state index is 12.8. The Morgan fingerprint density at radius 2 is 2.00 bits per heavy atom. The van der Waals surface area contributed by atoms with Gasteiger partial charge >= 0.3 is 0 Å². The second-order valence-electron chi connectivity index (χ2n) is 5.59. The van der Waals surface area contributed by atoms with Crippen LogP contribution in [0.25, 0.3) is 0 Å². The van der Waals surface area contributed by atoms with Crippen LogP contribution in [0, 0.1) is 6.92 Å². The molecule has 0 saturated heterocycles. The monoisotopic (exact) mass is 296 g/mol. The number of para-hydroxylation sites is 1. The van der Waals surface area contributed by atoms with Gasteiger partial charge in [-0.05, 0) is 36.2 Å². The van der Waals surface area contributed by atoms with Crippen molar-refractivity contribution in [3.8, 4) is 11.5 Å². The van der Waals surface area contributed by atoms with Crippen molar-refractivity contribution in [2.24, 2.45) is 0 Å². The summed E-state index contributed by atoms with van der Waals surface area (Å²) in [5.41, 5.74) is 3.82. The van der Waals surface area contributed by atoms with Gasteiger partial charge in [0.2, 0.25) is 0 Å². The Morgan fingerprint density at radius 1 is 1.18 bits per heavy atom. The Balaban J connectivity index is 1.64. The number of nitrogens with zero attached hydrogens (tertiary/aromatic N) is 2. The van der Waals surface area contributed by atoms with Crippen LogP contribution in [0.2, 0.25) is 0 Å². The molecule has 0 fully saturated rings. The number of carbonyl (C=O) groups is 1. The lowest BCUT2D eigenvalue weighted by molar-refractivity contribution is 0.0741. The van der Waals surface area contributed by atoms with E-state index in [9.17, 15) is 4.79 Å². The molecule has 0 atom stereocenters. The molecule has 2 aromatic rings. The van der Waals surface area contributed by atoms with Crippen LogP contribution in [0.3, 0.4) is 0 Å². The molecule has 0 aliphatic carbocycles. The molecule has 2 aliphatic rings. The quantitative estimate of drug-likeness (QED) is 0.810. The van der Waals surface area contributed by atoms with Crippen molar-refractivity contribution in [3.05, 3.63) is 52.8 Å². The van der Waals surface area contributed by atoms with E-state index in [2.05, 4.69) is 4.98 Å². The number of hydrogen-bond acceptors (Lipinski definition) is 4. The third kappa shape index (κ3) is 2.09. The Kier molecular flexibility index (Phi) is 2.99. The first-order valence-electron chi connectivity index (χ1n) is 7.34. The lowest BCUT2D eigenvalue weighted by atomic mass is 10.1. The summed E-state index contributed by atoms with van der Waals surface area (Å²) >= 11 is 0. The lowest BCUT2D eigenvalue weighted by Gasteiger charge is -2.23. The van der Waals surface area contributed by atoms with Crippen LogP contribution < -0.4 is 9.47 Å². The van der Waals surface area contributed by atoms with Gasteiger partial charge in [0.05, 0.1) is 5.56 Å². The highest BCUT2D eigenvalue weighted by atomic mass is 16.6. The number of hydrogen-bond donors (Lipinski definition) is 0. The van der Waals surface area contributed by atoms with Gasteiger partial charge in [-0.25, -0.2) is 0 Å². The van der Waals surface area contributed by atoms with Crippen LogP contribution in [0.4, 0.5) is 0 Å². The highest BCUT2D eigenvalue weighted by Gasteiger charge is 2.28. The van der Waals surface area contributed by atoms with Crippen molar-refractivity contribution < 1.29 is 14.3 Å². The molecule has 0 radical (unpaired) electrons. The third-order valence-electron chi connectivity index (χ3n) is 4.03. The molecule has 0 bridgehead atoms. The van der Waals surface area contributed by atoms with Gasteiger partial charge in [0, 0.05) is 25.0 Å². The fourth-order valence-corrected chi connectivity index (χ4v) is 2.96. The molecular weight excluding hydrogens is 280 g/mol. The Morgan fingerprint density at radius 3 is 2.91 bits per heavy atom. The molecule has 0 saturated carbocycles. The molecule has 1 aromatic carbocycles. The zero-order valence-corrected chi connectivity index (χ0v) is 12.3. The van der Waals surface area contributed by atoms with E-state index in [0.29, 0.717) is 43.4 Å². The van der Waals surface area contributed by atoms with Gasteiger partial charge in [0.25, 0.3) is 5.91 Å². The average molecular weight is 296 g/mol. The smallest absolute Gasteiger partial charge is 0.258 e. The second-order valence-corrected chi connectivity index (χ2v) is 5.59. The number of benzene rings is 1. The summed E-state index contributed by atoms with van der Waals surface area (Å²) in [5.74, 6) is 1.17. The molecule has 22 heavy (non-hydrogen) atoms. The molecule has 0 N–H and O–H groups in total. The van der Waals surface area contributed by atoms with Crippen LogP contribution in [-0.2, 0) is 13.1 Å². The summed E-state index contributed by atoms with van der Waals surface area (Å²) in [6.45, 7) is 4.16. The number of carbonyl (C=O) groups excluding carboxylic acids is 1. The van der Waals surface area contributed by atoms with Crippen LogP contribution in [0.5, 0.6) is 11.5 Å². The Bertz CT molecular complexity index is 758. The van der Waals surface area contributed by atoms with Gasteiger partial charge in [-0.3, -0.25) is 9.78 Å². The van der Waals surface area contributed by atoms with E-state index in [1.165, 1.54) is 5.56 Å². The average Bonchev–Trinajstić information content (AvgIpc) is 2.96. The van der Waals surface area contributed by atoms with Crippen LogP contribution in [-0.4, -0.2) is 29.0 Å². The minimum Gasteiger partial charge on any atom is -0.486 e. The zero-order chi connectivity index (χ0) is 15.1. The van der Waals surface area contributed by atoms with Crippen LogP contribution >= 0.6 is 0 Å². The molecule has 112 valence electrons. The van der Waals surface area contributed by atoms with Crippen molar-refractivity contribution in [2.75, 3.05) is 13.2 Å². The Hall–Kier alpha value is -2.56. The zero-order valence-electron chi connectivity index (χ0n) is 12.3. The molecule has 1 aromatic heterocycles. The highest BCUT2D eigenvalue weighted by Crippen LogP contribution is 2.35. The topological polar surface area (TPSA) is 51.7 Å². The van der Waals surface area contributed by atoms with Gasteiger partial charge < -0.3 is 14.4 Å². The maximum Gasteiger partial charge on any atom is 0.258 e. The summed E-state index contributed by atoms with van der Waals surface area (Å²) in [6.07, 6.45) is 1.86. The minimum atomic E-state index is -0.0313. The fraction of sp³-hybridized carbons (Fsp3) is 0.294. The number of rotatable bonds is 1. The van der Waals surface area contributed by atoms with Gasteiger partial charge in [0.15, 0.2) is 11.5 Å². The summed E-state index contributed by atoms with van der Waals surface area (Å²) in [5, 5.41) is 0. The summed E-state index contributed by atoms with van der Waals surface area (Å²) in [4.78, 5) is 19.0. The van der Waals surface area contributed by atoms with Crippen molar-refractivity contribution in [1.82, 2.24) is 9.88 Å². The van der Waals surface area contributed by atoms with Gasteiger partial charge in [0.1, 0.15) is 13.2 Å². The molecule has 3 heterocycles. The fourth-order valence-electron chi connectivity index (χ4n) is 2.96. The number of pyridine rings is 1. The number of aryl methyl sites for hydroxylation is 1. The minimum absolute atomic E-state index is 0.0313. The molecule has 4 rings (SSSR count). The van der Waals surface area contributed by atoms with E-state index in [4.69, 9.17) is 9.47 Å². The largest absolute Gasteiger partial charge is 0.486 e. The van der Waals surface area contributed by atoms with E-state index in [0.717, 1.165) is 11.3 Å². The number of ether oxygens (including phenoxy) is 2. The van der Waals surface area contributed by atoms with Gasteiger partial charge in [-0.15, -0.1) is 0 Å². The molecule has 2 aliphatic heterocycles. The first-order chi connectivity index (χ1) is 10.7. The van der Waals surface area contributed by atoms with Gasteiger partial charge in [-0.1, -0.05) is 6.07 Å². The number of amides is 1. The molecular formula is C17H16N2O3. The number of aromatic nitrogens is 1. The normalized spacial score (nSPS) is 15.6. The molecule has 0 unspecified atom stereocenters. The maximum atomic E-state index is 12.8. The Labute approximate surface area is 128 Å². The van der Waals surface area contributed by atoms with Crippen LogP contribution in [0.1, 0.15) is 27.2 Å². The van der Waals surface area contributed by atoms with E-state index in [-0.39, 0.29) is 5.91 Å². The lowest BCUT2D eigenvalue weighted by Crippen LogP contribution is -2.27. The van der Waals surface area contributed by atoms with E-state index in [1.807, 2.05) is 36.2 Å². The van der Waals surface area contributed by atoms with Crippen molar-refractivity contribution in [3.63, 3.8) is 0 Å². The predicted octanol–water partition coefficient (Wildman–Crippen LogP) is 2.32. The van der Waals surface area contributed by atoms with Crippen molar-refractivity contribution in [1.29, 1.82) is 0 Å². The van der Waals surface area contributed by atoms with Crippen molar-refractivity contribution >= 4 is 5.91 Å². The first kappa shape index (κ1) is 13.1. The molecule has 0 spiro atoms.